The Labute approximate surface area is 75.8 Å². The number of hydrogen-bond donors (Lipinski definition) is 2. The lowest BCUT2D eigenvalue weighted by atomic mass is 9.93. The van der Waals surface area contributed by atoms with Gasteiger partial charge >= 0.3 is 0 Å². The molecule has 0 spiro atoms. The number of rotatable bonds is 5. The minimum atomic E-state index is -0.163. The first kappa shape index (κ1) is 11.9. The van der Waals surface area contributed by atoms with E-state index in [1.54, 1.807) is 0 Å². The van der Waals surface area contributed by atoms with Crippen molar-refractivity contribution in [3.63, 3.8) is 0 Å². The van der Waals surface area contributed by atoms with Gasteiger partial charge < -0.3 is 10.4 Å². The van der Waals surface area contributed by atoms with E-state index in [4.69, 9.17) is 0 Å². The van der Waals surface area contributed by atoms with Crippen LogP contribution in [0.4, 0.5) is 0 Å². The molecule has 0 aromatic rings. The Morgan fingerprint density at radius 3 is 2.33 bits per heavy atom. The van der Waals surface area contributed by atoms with Gasteiger partial charge in [0.05, 0.1) is 12.1 Å². The summed E-state index contributed by atoms with van der Waals surface area (Å²) in [6.07, 6.45) is 0. The SMILES string of the molecule is CCN(C)C(C)(CO)C(C)NC. The normalized spacial score (nSPS) is 19.2. The smallest absolute Gasteiger partial charge is 0.0627 e. The van der Waals surface area contributed by atoms with E-state index in [-0.39, 0.29) is 18.2 Å². The Morgan fingerprint density at radius 2 is 2.08 bits per heavy atom. The lowest BCUT2D eigenvalue weighted by molar-refractivity contribution is 0.0421. The average molecular weight is 174 g/mol. The van der Waals surface area contributed by atoms with Crippen molar-refractivity contribution in [2.45, 2.75) is 32.4 Å². The summed E-state index contributed by atoms with van der Waals surface area (Å²) in [5, 5.41) is 12.5. The van der Waals surface area contributed by atoms with Gasteiger partial charge in [-0.15, -0.1) is 0 Å². The van der Waals surface area contributed by atoms with Gasteiger partial charge in [-0.25, -0.2) is 0 Å². The van der Waals surface area contributed by atoms with Gasteiger partial charge in [-0.1, -0.05) is 6.92 Å². The Kier molecular flexibility index (Phi) is 4.75. The van der Waals surface area contributed by atoms with Crippen LogP contribution in [0.2, 0.25) is 0 Å². The Bertz CT molecular complexity index is 118. The van der Waals surface area contributed by atoms with E-state index in [2.05, 4.69) is 31.0 Å². The predicted octanol–water partition coefficient (Wildman–Crippen LogP) is 0.297. The molecule has 0 rings (SSSR count). The van der Waals surface area contributed by atoms with E-state index in [1.807, 2.05) is 14.1 Å². The van der Waals surface area contributed by atoms with E-state index in [0.717, 1.165) is 6.54 Å². The molecule has 2 atom stereocenters. The monoisotopic (exact) mass is 174 g/mol. The van der Waals surface area contributed by atoms with Gasteiger partial charge in [0.25, 0.3) is 0 Å². The van der Waals surface area contributed by atoms with Crippen LogP contribution >= 0.6 is 0 Å². The summed E-state index contributed by atoms with van der Waals surface area (Å²) in [5.41, 5.74) is -0.163. The molecule has 3 heteroatoms. The number of likely N-dealkylation sites (N-methyl/N-ethyl adjacent to an activating group) is 2. The molecule has 0 heterocycles. The summed E-state index contributed by atoms with van der Waals surface area (Å²) >= 11 is 0. The third kappa shape index (κ3) is 2.19. The van der Waals surface area contributed by atoms with E-state index in [9.17, 15) is 5.11 Å². The second kappa shape index (κ2) is 4.80. The van der Waals surface area contributed by atoms with Crippen LogP contribution in [0.1, 0.15) is 20.8 Å². The number of aliphatic hydroxyl groups excluding tert-OH is 1. The number of nitrogens with one attached hydrogen (secondary N) is 1. The van der Waals surface area contributed by atoms with Gasteiger partial charge in [0, 0.05) is 6.04 Å². The van der Waals surface area contributed by atoms with Crippen molar-refractivity contribution in [3.8, 4) is 0 Å². The molecular formula is C9H22N2O. The molecule has 0 saturated carbocycles. The van der Waals surface area contributed by atoms with Crippen molar-refractivity contribution < 1.29 is 5.11 Å². The molecule has 0 bridgehead atoms. The van der Waals surface area contributed by atoms with Crippen molar-refractivity contribution in [3.05, 3.63) is 0 Å². The number of hydrogen-bond acceptors (Lipinski definition) is 3. The minimum absolute atomic E-state index is 0.163. The van der Waals surface area contributed by atoms with E-state index in [0.29, 0.717) is 0 Å². The zero-order chi connectivity index (χ0) is 9.78. The quantitative estimate of drug-likeness (QED) is 0.629. The highest BCUT2D eigenvalue weighted by Gasteiger charge is 2.32. The molecule has 3 nitrogen and oxygen atoms in total. The van der Waals surface area contributed by atoms with Gasteiger partial charge in [0.1, 0.15) is 0 Å². The maximum atomic E-state index is 9.31. The Morgan fingerprint density at radius 1 is 1.58 bits per heavy atom. The first-order valence-corrected chi connectivity index (χ1v) is 4.52. The van der Waals surface area contributed by atoms with Crippen LogP contribution in [0.25, 0.3) is 0 Å². The van der Waals surface area contributed by atoms with Crippen LogP contribution in [0.15, 0.2) is 0 Å². The summed E-state index contributed by atoms with van der Waals surface area (Å²) in [6.45, 7) is 7.37. The van der Waals surface area contributed by atoms with E-state index in [1.165, 1.54) is 0 Å². The van der Waals surface area contributed by atoms with E-state index >= 15 is 0 Å². The third-order valence-electron chi connectivity index (χ3n) is 3.03. The lowest BCUT2D eigenvalue weighted by Crippen LogP contribution is -2.58. The average Bonchev–Trinajstić information content (AvgIpc) is 2.13. The fourth-order valence-electron chi connectivity index (χ4n) is 1.26. The molecular weight excluding hydrogens is 152 g/mol. The zero-order valence-corrected chi connectivity index (χ0v) is 8.89. The lowest BCUT2D eigenvalue weighted by Gasteiger charge is -2.41. The first-order valence-electron chi connectivity index (χ1n) is 4.52. The molecule has 0 aliphatic rings. The molecule has 2 N–H and O–H groups in total. The van der Waals surface area contributed by atoms with Crippen molar-refractivity contribution in [1.82, 2.24) is 10.2 Å². The highest BCUT2D eigenvalue weighted by Crippen LogP contribution is 2.16. The molecule has 0 fully saturated rings. The van der Waals surface area contributed by atoms with Crippen molar-refractivity contribution in [1.29, 1.82) is 0 Å². The van der Waals surface area contributed by atoms with Crippen LogP contribution in [0.3, 0.4) is 0 Å². The summed E-state index contributed by atoms with van der Waals surface area (Å²) in [6, 6.07) is 0.285. The van der Waals surface area contributed by atoms with Gasteiger partial charge in [-0.3, -0.25) is 4.90 Å². The maximum Gasteiger partial charge on any atom is 0.0627 e. The highest BCUT2D eigenvalue weighted by molar-refractivity contribution is 4.92. The summed E-state index contributed by atoms with van der Waals surface area (Å²) in [4.78, 5) is 2.16. The molecule has 0 radical (unpaired) electrons. The van der Waals surface area contributed by atoms with Crippen LogP contribution in [0, 0.1) is 0 Å². The molecule has 0 amide bonds. The van der Waals surface area contributed by atoms with Gasteiger partial charge in [0.2, 0.25) is 0 Å². The van der Waals surface area contributed by atoms with E-state index < -0.39 is 0 Å². The predicted molar refractivity (Wildman–Crippen MR) is 52.3 cm³/mol. The molecule has 0 aromatic carbocycles. The molecule has 12 heavy (non-hydrogen) atoms. The summed E-state index contributed by atoms with van der Waals surface area (Å²) in [7, 11) is 3.95. The largest absolute Gasteiger partial charge is 0.394 e. The van der Waals surface area contributed by atoms with Gasteiger partial charge in [-0.05, 0) is 34.5 Å². The molecule has 0 saturated heterocycles. The van der Waals surface area contributed by atoms with Crippen molar-refractivity contribution >= 4 is 0 Å². The van der Waals surface area contributed by atoms with Crippen LogP contribution < -0.4 is 5.32 Å². The molecule has 0 aliphatic carbocycles. The molecule has 0 aliphatic heterocycles. The van der Waals surface area contributed by atoms with Crippen LogP contribution in [0.5, 0.6) is 0 Å². The fraction of sp³-hybridized carbons (Fsp3) is 1.00. The number of aliphatic hydroxyl groups is 1. The van der Waals surface area contributed by atoms with Crippen molar-refractivity contribution in [2.24, 2.45) is 0 Å². The summed E-state index contributed by atoms with van der Waals surface area (Å²) in [5.74, 6) is 0. The van der Waals surface area contributed by atoms with Crippen LogP contribution in [-0.2, 0) is 0 Å². The topological polar surface area (TPSA) is 35.5 Å². The highest BCUT2D eigenvalue weighted by atomic mass is 16.3. The zero-order valence-electron chi connectivity index (χ0n) is 8.89. The van der Waals surface area contributed by atoms with Gasteiger partial charge in [0.15, 0.2) is 0 Å². The first-order chi connectivity index (χ1) is 5.52. The second-order valence-corrected chi connectivity index (χ2v) is 3.54. The molecule has 2 unspecified atom stereocenters. The van der Waals surface area contributed by atoms with Crippen LogP contribution in [-0.4, -0.2) is 48.8 Å². The Balaban J connectivity index is 4.42. The second-order valence-electron chi connectivity index (χ2n) is 3.54. The third-order valence-corrected chi connectivity index (χ3v) is 3.03. The number of nitrogens with zero attached hydrogens (tertiary/aromatic N) is 1. The minimum Gasteiger partial charge on any atom is -0.394 e. The molecule has 0 aromatic heterocycles. The molecule has 74 valence electrons. The maximum absolute atomic E-state index is 9.31. The van der Waals surface area contributed by atoms with Crippen molar-refractivity contribution in [2.75, 3.05) is 27.2 Å². The van der Waals surface area contributed by atoms with Gasteiger partial charge in [-0.2, -0.15) is 0 Å². The summed E-state index contributed by atoms with van der Waals surface area (Å²) < 4.78 is 0. The standard InChI is InChI=1S/C9H22N2O/c1-6-11(5)9(3,7-12)8(2)10-4/h8,10,12H,6-7H2,1-5H3. The Hall–Kier alpha value is -0.120. The fourth-order valence-corrected chi connectivity index (χ4v) is 1.26.